The van der Waals surface area contributed by atoms with Gasteiger partial charge in [0.2, 0.25) is 10.0 Å². The highest BCUT2D eigenvalue weighted by Gasteiger charge is 2.31. The third-order valence-corrected chi connectivity index (χ3v) is 4.66. The van der Waals surface area contributed by atoms with Gasteiger partial charge in [-0.1, -0.05) is 0 Å². The summed E-state index contributed by atoms with van der Waals surface area (Å²) >= 11 is 0. The van der Waals surface area contributed by atoms with Crippen LogP contribution in [0.4, 0.5) is 0 Å². The van der Waals surface area contributed by atoms with Crippen LogP contribution in [0.1, 0.15) is 29.0 Å². The SMILES string of the molecule is COCC1CCCN(C(=O)c2n[nH]c(C)c2S(N)(=O)=O)C1. The van der Waals surface area contributed by atoms with Crippen LogP contribution >= 0.6 is 0 Å². The van der Waals surface area contributed by atoms with Crippen LogP contribution in [0.25, 0.3) is 0 Å². The van der Waals surface area contributed by atoms with E-state index in [4.69, 9.17) is 9.88 Å². The Hall–Kier alpha value is -1.45. The third kappa shape index (κ3) is 3.42. The molecule has 1 fully saturated rings. The maximum atomic E-state index is 12.5. The highest BCUT2D eigenvalue weighted by atomic mass is 32.2. The average Bonchev–Trinajstić information content (AvgIpc) is 2.80. The predicted octanol–water partition coefficient (Wildman–Crippen LogP) is -0.136. The molecule has 1 aliphatic heterocycles. The first kappa shape index (κ1) is 15.9. The molecule has 1 atom stereocenters. The van der Waals surface area contributed by atoms with Crippen LogP contribution in [0.5, 0.6) is 0 Å². The molecule has 1 unspecified atom stereocenters. The minimum atomic E-state index is -3.99. The number of carbonyl (C=O) groups is 1. The van der Waals surface area contributed by atoms with Gasteiger partial charge in [0.15, 0.2) is 5.69 Å². The van der Waals surface area contributed by atoms with Crippen molar-refractivity contribution in [3.05, 3.63) is 11.4 Å². The molecular formula is C12H20N4O4S. The number of piperidine rings is 1. The van der Waals surface area contributed by atoms with E-state index in [1.165, 1.54) is 6.92 Å². The number of ether oxygens (including phenoxy) is 1. The molecule has 21 heavy (non-hydrogen) atoms. The Kier molecular flexibility index (Phi) is 4.64. The molecule has 8 nitrogen and oxygen atoms in total. The van der Waals surface area contributed by atoms with Crippen molar-refractivity contribution in [2.75, 3.05) is 26.8 Å². The van der Waals surface area contributed by atoms with Gasteiger partial charge < -0.3 is 9.64 Å². The molecule has 1 aliphatic rings. The van der Waals surface area contributed by atoms with Gasteiger partial charge in [-0.2, -0.15) is 5.10 Å². The van der Waals surface area contributed by atoms with Crippen molar-refractivity contribution in [1.29, 1.82) is 0 Å². The van der Waals surface area contributed by atoms with Crippen molar-refractivity contribution in [3.63, 3.8) is 0 Å². The number of methoxy groups -OCH3 is 1. The van der Waals surface area contributed by atoms with Crippen molar-refractivity contribution in [3.8, 4) is 0 Å². The number of aromatic nitrogens is 2. The Morgan fingerprint density at radius 3 is 2.90 bits per heavy atom. The molecule has 9 heteroatoms. The first-order valence-electron chi connectivity index (χ1n) is 6.70. The largest absolute Gasteiger partial charge is 0.384 e. The normalized spacial score (nSPS) is 19.8. The van der Waals surface area contributed by atoms with Gasteiger partial charge in [0.25, 0.3) is 5.91 Å². The summed E-state index contributed by atoms with van der Waals surface area (Å²) in [6.07, 6.45) is 1.84. The summed E-state index contributed by atoms with van der Waals surface area (Å²) in [5.74, 6) is -0.158. The summed E-state index contributed by atoms with van der Waals surface area (Å²) in [6.45, 7) is 3.20. The fourth-order valence-electron chi connectivity index (χ4n) is 2.68. The number of nitrogens with two attached hydrogens (primary N) is 1. The van der Waals surface area contributed by atoms with Crippen LogP contribution in [0, 0.1) is 12.8 Å². The van der Waals surface area contributed by atoms with Gasteiger partial charge in [-0.15, -0.1) is 0 Å². The second-order valence-corrected chi connectivity index (χ2v) is 6.78. The van der Waals surface area contributed by atoms with E-state index in [0.717, 1.165) is 12.8 Å². The first-order valence-corrected chi connectivity index (χ1v) is 8.25. The number of H-pyrrole nitrogens is 1. The number of carbonyl (C=O) groups excluding carboxylic acids is 1. The lowest BCUT2D eigenvalue weighted by molar-refractivity contribution is 0.0562. The second-order valence-electron chi connectivity index (χ2n) is 5.29. The molecule has 1 amide bonds. The molecule has 118 valence electrons. The Labute approximate surface area is 123 Å². The van der Waals surface area contributed by atoms with Gasteiger partial charge in [0.1, 0.15) is 4.90 Å². The summed E-state index contributed by atoms with van der Waals surface area (Å²) in [4.78, 5) is 13.9. The number of aromatic amines is 1. The number of hydrogen-bond donors (Lipinski definition) is 2. The lowest BCUT2D eigenvalue weighted by Crippen LogP contribution is -2.41. The fraction of sp³-hybridized carbons (Fsp3) is 0.667. The van der Waals surface area contributed by atoms with Gasteiger partial charge in [-0.25, -0.2) is 13.6 Å². The Bertz CT molecular complexity index is 623. The lowest BCUT2D eigenvalue weighted by atomic mass is 9.99. The molecule has 1 aromatic heterocycles. The number of hydrogen-bond acceptors (Lipinski definition) is 5. The van der Waals surface area contributed by atoms with E-state index in [1.807, 2.05) is 0 Å². The lowest BCUT2D eigenvalue weighted by Gasteiger charge is -2.32. The van der Waals surface area contributed by atoms with E-state index in [-0.39, 0.29) is 22.2 Å². The standard InChI is InChI=1S/C12H20N4O4S/c1-8-11(21(13,18)19)10(15-14-8)12(17)16-5-3-4-9(6-16)7-20-2/h9H,3-7H2,1-2H3,(H,14,15)(H2,13,18,19). The number of aryl methyl sites for hydroxylation is 1. The summed E-state index contributed by atoms with van der Waals surface area (Å²) in [5, 5.41) is 11.5. The zero-order valence-electron chi connectivity index (χ0n) is 12.1. The number of likely N-dealkylation sites (tertiary alicyclic amines) is 1. The van der Waals surface area contributed by atoms with Gasteiger partial charge in [0.05, 0.1) is 12.3 Å². The number of nitrogens with zero attached hydrogens (tertiary/aromatic N) is 2. The van der Waals surface area contributed by atoms with Crippen LogP contribution in [0.3, 0.4) is 0 Å². The molecule has 3 N–H and O–H groups in total. The molecule has 0 aromatic carbocycles. The molecule has 1 saturated heterocycles. The first-order chi connectivity index (χ1) is 9.84. The third-order valence-electron chi connectivity index (χ3n) is 3.59. The van der Waals surface area contributed by atoms with E-state index in [9.17, 15) is 13.2 Å². The second kappa shape index (κ2) is 6.12. The van der Waals surface area contributed by atoms with Crippen LogP contribution in [-0.2, 0) is 14.8 Å². The van der Waals surface area contributed by atoms with Crippen LogP contribution < -0.4 is 5.14 Å². The Morgan fingerprint density at radius 1 is 1.57 bits per heavy atom. The molecule has 1 aromatic rings. The van der Waals surface area contributed by atoms with Gasteiger partial charge in [-0.05, 0) is 25.7 Å². The maximum Gasteiger partial charge on any atom is 0.275 e. The van der Waals surface area contributed by atoms with Crippen molar-refractivity contribution in [2.24, 2.45) is 11.1 Å². The molecule has 0 aliphatic carbocycles. The number of nitrogens with one attached hydrogen (secondary N) is 1. The summed E-state index contributed by atoms with van der Waals surface area (Å²) < 4.78 is 28.4. The van der Waals surface area contributed by atoms with Crippen molar-refractivity contribution >= 4 is 15.9 Å². The molecular weight excluding hydrogens is 296 g/mol. The van der Waals surface area contributed by atoms with Gasteiger partial charge >= 0.3 is 0 Å². The molecule has 0 radical (unpaired) electrons. The molecule has 0 saturated carbocycles. The quantitative estimate of drug-likeness (QED) is 0.801. The van der Waals surface area contributed by atoms with Gasteiger partial charge in [0, 0.05) is 20.2 Å². The van der Waals surface area contributed by atoms with Crippen LogP contribution in [-0.4, -0.2) is 56.2 Å². The van der Waals surface area contributed by atoms with E-state index in [1.54, 1.807) is 12.0 Å². The zero-order chi connectivity index (χ0) is 15.6. The van der Waals surface area contributed by atoms with E-state index in [2.05, 4.69) is 10.2 Å². The Balaban J connectivity index is 2.25. The molecule has 0 bridgehead atoms. The predicted molar refractivity (Wildman–Crippen MR) is 75.2 cm³/mol. The topological polar surface area (TPSA) is 118 Å². The highest BCUT2D eigenvalue weighted by molar-refractivity contribution is 7.89. The Morgan fingerprint density at radius 2 is 2.29 bits per heavy atom. The van der Waals surface area contributed by atoms with E-state index >= 15 is 0 Å². The number of primary sulfonamides is 1. The maximum absolute atomic E-state index is 12.5. The van der Waals surface area contributed by atoms with Crippen LogP contribution in [0.2, 0.25) is 0 Å². The molecule has 0 spiro atoms. The summed E-state index contributed by atoms with van der Waals surface area (Å²) in [7, 11) is -2.37. The van der Waals surface area contributed by atoms with Crippen molar-refractivity contribution < 1.29 is 17.9 Å². The summed E-state index contributed by atoms with van der Waals surface area (Å²) in [5.41, 5.74) is 0.138. The summed E-state index contributed by atoms with van der Waals surface area (Å²) in [6, 6.07) is 0. The minimum absolute atomic E-state index is 0.131. The van der Waals surface area contributed by atoms with E-state index in [0.29, 0.717) is 19.7 Å². The zero-order valence-corrected chi connectivity index (χ0v) is 12.9. The average molecular weight is 316 g/mol. The van der Waals surface area contributed by atoms with E-state index < -0.39 is 15.9 Å². The smallest absolute Gasteiger partial charge is 0.275 e. The monoisotopic (exact) mass is 316 g/mol. The van der Waals surface area contributed by atoms with Crippen molar-refractivity contribution in [1.82, 2.24) is 15.1 Å². The van der Waals surface area contributed by atoms with Gasteiger partial charge in [-0.3, -0.25) is 9.89 Å². The number of amides is 1. The molecule has 2 rings (SSSR count). The fourth-order valence-corrected chi connectivity index (χ4v) is 3.56. The number of rotatable bonds is 4. The molecule has 2 heterocycles. The minimum Gasteiger partial charge on any atom is -0.384 e. The number of sulfonamides is 1. The van der Waals surface area contributed by atoms with Crippen LogP contribution in [0.15, 0.2) is 4.90 Å². The van der Waals surface area contributed by atoms with Crippen molar-refractivity contribution in [2.45, 2.75) is 24.7 Å². The highest BCUT2D eigenvalue weighted by Crippen LogP contribution is 2.22.